The zero-order chi connectivity index (χ0) is 21.1. The number of carbonyl (C=O) groups is 1. The highest BCUT2D eigenvalue weighted by Gasteiger charge is 2.30. The summed E-state index contributed by atoms with van der Waals surface area (Å²) in [7, 11) is 4.96. The van der Waals surface area contributed by atoms with Crippen LogP contribution in [0, 0.1) is 0 Å². The second kappa shape index (κ2) is 8.51. The van der Waals surface area contributed by atoms with Crippen molar-refractivity contribution in [2.45, 2.75) is 0 Å². The van der Waals surface area contributed by atoms with Gasteiger partial charge in [0.15, 0.2) is 5.17 Å². The third-order valence-electron chi connectivity index (χ3n) is 4.58. The molecular formula is C23H20N2O4S. The first-order valence-corrected chi connectivity index (χ1v) is 10.0. The van der Waals surface area contributed by atoms with E-state index in [1.807, 2.05) is 60.7 Å². The zero-order valence-electron chi connectivity index (χ0n) is 16.8. The maximum Gasteiger partial charge on any atom is 0.266 e. The second-order valence-corrected chi connectivity index (χ2v) is 7.51. The van der Waals surface area contributed by atoms with Crippen molar-refractivity contribution in [2.24, 2.45) is 4.99 Å². The summed E-state index contributed by atoms with van der Waals surface area (Å²) in [5.41, 5.74) is 1.68. The lowest BCUT2D eigenvalue weighted by molar-refractivity contribution is -0.121. The lowest BCUT2D eigenvalue weighted by atomic mass is 10.2. The van der Waals surface area contributed by atoms with Crippen LogP contribution >= 0.6 is 11.8 Å². The van der Waals surface area contributed by atoms with Crippen molar-refractivity contribution in [2.75, 3.05) is 21.3 Å². The van der Waals surface area contributed by atoms with Crippen molar-refractivity contribution in [1.82, 2.24) is 4.90 Å². The van der Waals surface area contributed by atoms with Gasteiger partial charge in [-0.15, -0.1) is 0 Å². The monoisotopic (exact) mass is 420 g/mol. The van der Waals surface area contributed by atoms with Crippen molar-refractivity contribution in [3.8, 4) is 22.8 Å². The summed E-state index contributed by atoms with van der Waals surface area (Å²) < 4.78 is 16.3. The molecule has 2 aromatic carbocycles. The van der Waals surface area contributed by atoms with E-state index in [9.17, 15) is 4.79 Å². The Labute approximate surface area is 178 Å². The Kier molecular flexibility index (Phi) is 5.63. The fourth-order valence-electron chi connectivity index (χ4n) is 2.89. The Morgan fingerprint density at radius 1 is 0.933 bits per heavy atom. The smallest absolute Gasteiger partial charge is 0.266 e. The summed E-state index contributed by atoms with van der Waals surface area (Å²) in [5.74, 6) is 2.76. The van der Waals surface area contributed by atoms with Crippen molar-refractivity contribution >= 4 is 34.6 Å². The van der Waals surface area contributed by atoms with Crippen molar-refractivity contribution in [1.29, 1.82) is 0 Å². The number of benzene rings is 2. The van der Waals surface area contributed by atoms with Crippen LogP contribution in [0.5, 0.6) is 11.5 Å². The van der Waals surface area contributed by atoms with Crippen LogP contribution in [0.2, 0.25) is 0 Å². The van der Waals surface area contributed by atoms with Crippen LogP contribution in [-0.4, -0.2) is 37.2 Å². The van der Waals surface area contributed by atoms with Gasteiger partial charge in [-0.3, -0.25) is 9.69 Å². The molecule has 4 rings (SSSR count). The molecule has 30 heavy (non-hydrogen) atoms. The number of hydrogen-bond donors (Lipinski definition) is 0. The number of carbonyl (C=O) groups excluding carboxylic acids is 1. The number of likely N-dealkylation sites (N-methyl/N-ethyl adjacent to an activating group) is 1. The molecule has 152 valence electrons. The normalized spacial score (nSPS) is 16.5. The van der Waals surface area contributed by atoms with Crippen molar-refractivity contribution in [3.05, 3.63) is 71.3 Å². The molecule has 0 bridgehead atoms. The molecule has 2 heterocycles. The number of furan rings is 1. The minimum absolute atomic E-state index is 0.116. The number of amides is 1. The predicted octanol–water partition coefficient (Wildman–Crippen LogP) is 5.20. The highest BCUT2D eigenvalue weighted by atomic mass is 32.2. The average Bonchev–Trinajstić information content (AvgIpc) is 3.35. The SMILES string of the molecule is COc1ccc(N=C2S/C(=C\c3ccc(-c4ccc(OC)cc4)o3)C(=O)N2C)cc1. The largest absolute Gasteiger partial charge is 0.497 e. The number of thioether (sulfide) groups is 1. The first-order chi connectivity index (χ1) is 14.6. The Morgan fingerprint density at radius 2 is 1.57 bits per heavy atom. The van der Waals surface area contributed by atoms with Gasteiger partial charge in [-0.25, -0.2) is 4.99 Å². The van der Waals surface area contributed by atoms with Gasteiger partial charge >= 0.3 is 0 Å². The topological polar surface area (TPSA) is 64.3 Å². The van der Waals surface area contributed by atoms with E-state index in [0.29, 0.717) is 15.8 Å². The third kappa shape index (κ3) is 4.11. The first kappa shape index (κ1) is 19.8. The number of rotatable bonds is 5. The molecule has 1 fully saturated rings. The maximum absolute atomic E-state index is 12.6. The van der Waals surface area contributed by atoms with Crippen molar-refractivity contribution < 1.29 is 18.7 Å². The molecule has 1 saturated heterocycles. The average molecular weight is 420 g/mol. The lowest BCUT2D eigenvalue weighted by Gasteiger charge is -2.07. The summed E-state index contributed by atoms with van der Waals surface area (Å²) in [6.45, 7) is 0. The van der Waals surface area contributed by atoms with E-state index in [1.54, 1.807) is 27.3 Å². The number of aliphatic imine (C=N–C) groups is 1. The molecule has 0 aliphatic carbocycles. The molecule has 6 nitrogen and oxygen atoms in total. The minimum Gasteiger partial charge on any atom is -0.497 e. The molecule has 1 aliphatic heterocycles. The molecule has 7 heteroatoms. The van der Waals surface area contributed by atoms with Gasteiger partial charge in [-0.05, 0) is 72.4 Å². The Bertz CT molecular complexity index is 1110. The Balaban J connectivity index is 1.54. The molecule has 0 unspecified atom stereocenters. The van der Waals surface area contributed by atoms with Crippen LogP contribution in [-0.2, 0) is 4.79 Å². The van der Waals surface area contributed by atoms with Gasteiger partial charge in [0, 0.05) is 18.7 Å². The summed E-state index contributed by atoms with van der Waals surface area (Å²) >= 11 is 1.32. The van der Waals surface area contributed by atoms with Crippen molar-refractivity contribution in [3.63, 3.8) is 0 Å². The lowest BCUT2D eigenvalue weighted by Crippen LogP contribution is -2.23. The minimum atomic E-state index is -0.116. The van der Waals surface area contributed by atoms with Gasteiger partial charge in [-0.2, -0.15) is 0 Å². The number of methoxy groups -OCH3 is 2. The molecule has 1 aromatic heterocycles. The van der Waals surface area contributed by atoms with Crippen LogP contribution in [0.3, 0.4) is 0 Å². The van der Waals surface area contributed by atoms with Gasteiger partial charge in [0.2, 0.25) is 0 Å². The number of ether oxygens (including phenoxy) is 2. The van der Waals surface area contributed by atoms with Gasteiger partial charge in [0.05, 0.1) is 24.8 Å². The van der Waals surface area contributed by atoms with Gasteiger partial charge in [-0.1, -0.05) is 0 Å². The summed E-state index contributed by atoms with van der Waals surface area (Å²) in [6.07, 6.45) is 1.74. The molecule has 1 amide bonds. The van der Waals surface area contributed by atoms with Gasteiger partial charge < -0.3 is 13.9 Å². The molecule has 0 spiro atoms. The van der Waals surface area contributed by atoms with E-state index in [0.717, 1.165) is 28.5 Å². The predicted molar refractivity (Wildman–Crippen MR) is 119 cm³/mol. The number of hydrogen-bond acceptors (Lipinski definition) is 6. The van der Waals surface area contributed by atoms with E-state index in [1.165, 1.54) is 16.7 Å². The number of nitrogens with zero attached hydrogens (tertiary/aromatic N) is 2. The summed E-state index contributed by atoms with van der Waals surface area (Å²) in [4.78, 5) is 19.3. The van der Waals surface area contributed by atoms with E-state index in [4.69, 9.17) is 13.9 Å². The van der Waals surface area contributed by atoms with Gasteiger partial charge in [0.25, 0.3) is 5.91 Å². The Morgan fingerprint density at radius 3 is 2.20 bits per heavy atom. The molecule has 0 saturated carbocycles. The van der Waals surface area contributed by atoms with E-state index >= 15 is 0 Å². The fraction of sp³-hybridized carbons (Fsp3) is 0.130. The van der Waals surface area contributed by atoms with Crippen LogP contribution in [0.25, 0.3) is 17.4 Å². The highest BCUT2D eigenvalue weighted by molar-refractivity contribution is 8.18. The van der Waals surface area contributed by atoms with E-state index in [-0.39, 0.29) is 5.91 Å². The van der Waals surface area contributed by atoms with Gasteiger partial charge in [0.1, 0.15) is 23.0 Å². The van der Waals surface area contributed by atoms with Crippen LogP contribution < -0.4 is 9.47 Å². The molecular weight excluding hydrogens is 400 g/mol. The summed E-state index contributed by atoms with van der Waals surface area (Å²) in [6, 6.07) is 18.7. The third-order valence-corrected chi connectivity index (χ3v) is 5.64. The molecule has 0 radical (unpaired) electrons. The standard InChI is InChI=1S/C23H20N2O4S/c1-25-22(26)21(30-23(25)24-16-6-10-18(28-3)11-7-16)14-19-12-13-20(29-19)15-4-8-17(27-2)9-5-15/h4-14H,1-3H3/b21-14-,24-23?. The van der Waals surface area contributed by atoms with Crippen LogP contribution in [0.15, 0.2) is 75.0 Å². The van der Waals surface area contributed by atoms with E-state index in [2.05, 4.69) is 4.99 Å². The maximum atomic E-state index is 12.6. The highest BCUT2D eigenvalue weighted by Crippen LogP contribution is 2.34. The molecule has 1 aliphatic rings. The molecule has 0 atom stereocenters. The first-order valence-electron chi connectivity index (χ1n) is 9.22. The molecule has 0 N–H and O–H groups in total. The summed E-state index contributed by atoms with van der Waals surface area (Å²) in [5, 5.41) is 0.610. The van der Waals surface area contributed by atoms with Crippen LogP contribution in [0.4, 0.5) is 5.69 Å². The fourth-order valence-corrected chi connectivity index (χ4v) is 3.86. The quantitative estimate of drug-likeness (QED) is 0.531. The second-order valence-electron chi connectivity index (χ2n) is 6.50. The zero-order valence-corrected chi connectivity index (χ0v) is 17.6. The van der Waals surface area contributed by atoms with E-state index < -0.39 is 0 Å². The Hall–Kier alpha value is -3.45. The number of amidine groups is 1. The van der Waals surface area contributed by atoms with Crippen LogP contribution in [0.1, 0.15) is 5.76 Å². The molecule has 3 aromatic rings.